The van der Waals surface area contributed by atoms with Crippen molar-refractivity contribution in [3.05, 3.63) is 0 Å². The monoisotopic (exact) mass is 222 g/mol. The second kappa shape index (κ2) is 4.75. The Hall–Kier alpha value is 0.110. The van der Waals surface area contributed by atoms with Gasteiger partial charge in [-0.15, -0.1) is 0 Å². The molecule has 0 aliphatic heterocycles. The minimum Gasteiger partial charge on any atom is -0.303 e. The van der Waals surface area contributed by atoms with Crippen molar-refractivity contribution in [2.75, 3.05) is 0 Å². The lowest BCUT2D eigenvalue weighted by molar-refractivity contribution is 0.0813. The van der Waals surface area contributed by atoms with Crippen LogP contribution in [0.2, 0.25) is 0 Å². The first-order valence-corrected chi connectivity index (χ1v) is 6.65. The van der Waals surface area contributed by atoms with Gasteiger partial charge in [0, 0.05) is 0 Å². The first-order chi connectivity index (χ1) is 6.38. The van der Waals surface area contributed by atoms with Crippen LogP contribution in [-0.4, -0.2) is 15.9 Å². The van der Waals surface area contributed by atoms with E-state index in [2.05, 4.69) is 18.4 Å². The van der Waals surface area contributed by atoms with Crippen LogP contribution in [-0.2, 0) is 9.09 Å². The first-order valence-electron chi connectivity index (χ1n) is 5.12. The van der Waals surface area contributed by atoms with E-state index in [1.165, 1.54) is 0 Å². The van der Waals surface area contributed by atoms with Crippen LogP contribution in [0.25, 0.3) is 0 Å². The molecule has 1 saturated carbocycles. The molecule has 0 bridgehead atoms. The van der Waals surface area contributed by atoms with Gasteiger partial charge in [-0.2, -0.15) is 0 Å². The van der Waals surface area contributed by atoms with Gasteiger partial charge in [0.15, 0.2) is 0 Å². The average Bonchev–Trinajstić information content (AvgIpc) is 2.02. The van der Waals surface area contributed by atoms with E-state index in [1.54, 1.807) is 0 Å². The topological polar surface area (TPSA) is 66.8 Å². The smallest absolute Gasteiger partial charge is 0.303 e. The molecule has 0 aromatic rings. The fourth-order valence-corrected chi connectivity index (χ4v) is 2.65. The average molecular weight is 222 g/mol. The van der Waals surface area contributed by atoms with Crippen molar-refractivity contribution >= 4 is 7.82 Å². The molecule has 0 heterocycles. The van der Waals surface area contributed by atoms with Crippen molar-refractivity contribution in [2.45, 2.75) is 45.6 Å². The first kappa shape index (κ1) is 12.2. The molecule has 0 amide bonds. The number of hydrogen-bond acceptors (Lipinski definition) is 2. The molecule has 84 valence electrons. The summed E-state index contributed by atoms with van der Waals surface area (Å²) < 4.78 is 15.3. The number of hydrogen-bond donors (Lipinski definition) is 2. The Balaban J connectivity index is 2.33. The lowest BCUT2D eigenvalue weighted by Crippen LogP contribution is -2.23. The third-order valence-corrected chi connectivity index (χ3v) is 3.52. The van der Waals surface area contributed by atoms with Gasteiger partial charge >= 0.3 is 7.82 Å². The molecule has 0 saturated heterocycles. The molecule has 0 radical (unpaired) electrons. The Morgan fingerprint density at radius 3 is 2.07 bits per heavy atom. The van der Waals surface area contributed by atoms with E-state index in [0.29, 0.717) is 11.8 Å². The summed E-state index contributed by atoms with van der Waals surface area (Å²) in [6, 6.07) is 0. The van der Waals surface area contributed by atoms with Crippen molar-refractivity contribution in [3.8, 4) is 0 Å². The molecule has 2 N–H and O–H groups in total. The summed E-state index contributed by atoms with van der Waals surface area (Å²) in [5, 5.41) is 0. The molecule has 5 heteroatoms. The van der Waals surface area contributed by atoms with E-state index in [-0.39, 0.29) is 6.10 Å². The van der Waals surface area contributed by atoms with Crippen LogP contribution in [0, 0.1) is 11.8 Å². The van der Waals surface area contributed by atoms with Gasteiger partial charge < -0.3 is 9.79 Å². The molecular weight excluding hydrogens is 203 g/mol. The SMILES string of the molecule is CC(C)C1CCC(OP(=O)(O)O)CC1. The van der Waals surface area contributed by atoms with Gasteiger partial charge in [-0.3, -0.25) is 4.52 Å². The largest absolute Gasteiger partial charge is 0.469 e. The summed E-state index contributed by atoms with van der Waals surface area (Å²) >= 11 is 0. The molecule has 1 fully saturated rings. The van der Waals surface area contributed by atoms with E-state index < -0.39 is 7.82 Å². The summed E-state index contributed by atoms with van der Waals surface area (Å²) in [6.45, 7) is 4.38. The highest BCUT2D eigenvalue weighted by atomic mass is 31.2. The van der Waals surface area contributed by atoms with Crippen LogP contribution in [0.4, 0.5) is 0 Å². The second-order valence-electron chi connectivity index (χ2n) is 4.38. The maximum Gasteiger partial charge on any atom is 0.469 e. The summed E-state index contributed by atoms with van der Waals surface area (Å²) in [5.41, 5.74) is 0. The molecule has 1 aliphatic rings. The Labute approximate surface area is 84.9 Å². The molecule has 1 aliphatic carbocycles. The highest BCUT2D eigenvalue weighted by Gasteiger charge is 2.28. The number of phosphoric acid groups is 1. The standard InChI is InChI=1S/C9H19O4P/c1-7(2)8-3-5-9(6-4-8)13-14(10,11)12/h7-9H,3-6H2,1-2H3,(H2,10,11,12). The van der Waals surface area contributed by atoms with Crippen LogP contribution in [0.15, 0.2) is 0 Å². The Kier molecular flexibility index (Phi) is 4.14. The van der Waals surface area contributed by atoms with Gasteiger partial charge in [-0.25, -0.2) is 4.57 Å². The Morgan fingerprint density at radius 1 is 1.21 bits per heavy atom. The summed E-state index contributed by atoms with van der Waals surface area (Å²) in [4.78, 5) is 17.3. The Morgan fingerprint density at radius 2 is 1.71 bits per heavy atom. The molecule has 0 spiro atoms. The van der Waals surface area contributed by atoms with E-state index in [4.69, 9.17) is 9.79 Å². The van der Waals surface area contributed by atoms with E-state index in [0.717, 1.165) is 25.7 Å². The summed E-state index contributed by atoms with van der Waals surface area (Å²) in [7, 11) is -4.28. The number of phosphoric ester groups is 1. The zero-order chi connectivity index (χ0) is 10.8. The Bertz CT molecular complexity index is 215. The molecular formula is C9H19O4P. The lowest BCUT2D eigenvalue weighted by Gasteiger charge is -2.30. The summed E-state index contributed by atoms with van der Waals surface area (Å²) in [6.07, 6.45) is 3.33. The third kappa shape index (κ3) is 4.09. The van der Waals surface area contributed by atoms with E-state index >= 15 is 0 Å². The minimum absolute atomic E-state index is 0.245. The molecule has 0 unspecified atom stereocenters. The lowest BCUT2D eigenvalue weighted by atomic mass is 9.81. The van der Waals surface area contributed by atoms with Gasteiger partial charge in [0.05, 0.1) is 6.10 Å². The van der Waals surface area contributed by atoms with Gasteiger partial charge in [0.25, 0.3) is 0 Å². The fourth-order valence-electron chi connectivity index (χ4n) is 2.05. The minimum atomic E-state index is -4.28. The van der Waals surface area contributed by atoms with Crippen LogP contribution in [0.3, 0.4) is 0 Å². The maximum atomic E-state index is 10.6. The van der Waals surface area contributed by atoms with Gasteiger partial charge in [-0.1, -0.05) is 13.8 Å². The molecule has 0 aromatic heterocycles. The van der Waals surface area contributed by atoms with Crippen LogP contribution in [0.5, 0.6) is 0 Å². The molecule has 1 rings (SSSR count). The molecule has 0 aromatic carbocycles. The highest BCUT2D eigenvalue weighted by molar-refractivity contribution is 7.46. The predicted molar refractivity (Wildman–Crippen MR) is 53.7 cm³/mol. The maximum absolute atomic E-state index is 10.6. The molecule has 0 atom stereocenters. The van der Waals surface area contributed by atoms with Crippen LogP contribution in [0.1, 0.15) is 39.5 Å². The van der Waals surface area contributed by atoms with Gasteiger partial charge in [0.2, 0.25) is 0 Å². The highest BCUT2D eigenvalue weighted by Crippen LogP contribution is 2.42. The predicted octanol–water partition coefficient (Wildman–Crippen LogP) is 2.31. The molecule has 14 heavy (non-hydrogen) atoms. The van der Waals surface area contributed by atoms with Crippen molar-refractivity contribution in [1.29, 1.82) is 0 Å². The van der Waals surface area contributed by atoms with Crippen molar-refractivity contribution in [3.63, 3.8) is 0 Å². The van der Waals surface area contributed by atoms with Gasteiger partial charge in [0.1, 0.15) is 0 Å². The number of rotatable bonds is 3. The van der Waals surface area contributed by atoms with Gasteiger partial charge in [-0.05, 0) is 37.5 Å². The zero-order valence-electron chi connectivity index (χ0n) is 8.72. The fraction of sp³-hybridized carbons (Fsp3) is 1.00. The van der Waals surface area contributed by atoms with E-state index in [1.807, 2.05) is 0 Å². The van der Waals surface area contributed by atoms with Crippen molar-refractivity contribution < 1.29 is 18.9 Å². The third-order valence-electron chi connectivity index (χ3n) is 2.95. The van der Waals surface area contributed by atoms with Crippen molar-refractivity contribution in [1.82, 2.24) is 0 Å². The second-order valence-corrected chi connectivity index (χ2v) is 5.57. The molecule has 4 nitrogen and oxygen atoms in total. The normalized spacial score (nSPS) is 29.5. The summed E-state index contributed by atoms with van der Waals surface area (Å²) in [5.74, 6) is 1.35. The quantitative estimate of drug-likeness (QED) is 0.719. The zero-order valence-corrected chi connectivity index (χ0v) is 9.61. The van der Waals surface area contributed by atoms with Crippen LogP contribution < -0.4 is 0 Å². The van der Waals surface area contributed by atoms with E-state index in [9.17, 15) is 4.57 Å². The van der Waals surface area contributed by atoms with Crippen molar-refractivity contribution in [2.24, 2.45) is 11.8 Å². The van der Waals surface area contributed by atoms with Crippen LogP contribution >= 0.6 is 7.82 Å².